The van der Waals surface area contributed by atoms with Crippen molar-refractivity contribution in [1.29, 1.82) is 0 Å². The third-order valence-electron chi connectivity index (χ3n) is 5.17. The average Bonchev–Trinajstić information content (AvgIpc) is 3.09. The van der Waals surface area contributed by atoms with E-state index in [9.17, 15) is 4.79 Å². The van der Waals surface area contributed by atoms with Gasteiger partial charge in [0, 0.05) is 17.3 Å². The lowest BCUT2D eigenvalue weighted by molar-refractivity contribution is -0.116. The van der Waals surface area contributed by atoms with Crippen LogP contribution in [0.2, 0.25) is 0 Å². The first-order valence-electron chi connectivity index (χ1n) is 9.95. The minimum Gasteiger partial charge on any atom is -0.497 e. The van der Waals surface area contributed by atoms with Crippen LogP contribution in [0, 0.1) is 6.92 Å². The molecule has 0 unspecified atom stereocenters. The Morgan fingerprint density at radius 2 is 1.87 bits per heavy atom. The number of fused-ring (bicyclic) bond motifs is 1. The number of ether oxygens (including phenoxy) is 1. The van der Waals surface area contributed by atoms with E-state index in [1.165, 1.54) is 0 Å². The van der Waals surface area contributed by atoms with E-state index in [1.54, 1.807) is 18.0 Å². The molecule has 0 fully saturated rings. The molecule has 2 aromatic carbocycles. The van der Waals surface area contributed by atoms with Crippen LogP contribution in [0.5, 0.6) is 5.75 Å². The zero-order chi connectivity index (χ0) is 21.1. The highest BCUT2D eigenvalue weighted by Crippen LogP contribution is 2.31. The molecule has 2 aromatic heterocycles. The Morgan fingerprint density at radius 1 is 1.10 bits per heavy atom. The molecule has 1 amide bonds. The summed E-state index contributed by atoms with van der Waals surface area (Å²) in [5.74, 6) is 0.678. The van der Waals surface area contributed by atoms with Gasteiger partial charge in [-0.1, -0.05) is 37.3 Å². The molecule has 6 heteroatoms. The molecule has 0 saturated heterocycles. The second-order valence-corrected chi connectivity index (χ2v) is 7.09. The number of para-hydroxylation sites is 1. The van der Waals surface area contributed by atoms with Crippen molar-refractivity contribution in [3.05, 3.63) is 72.1 Å². The molecule has 0 aliphatic carbocycles. The maximum absolute atomic E-state index is 12.7. The Bertz CT molecular complexity index is 1200. The summed E-state index contributed by atoms with van der Waals surface area (Å²) in [6.45, 7) is 4.11. The maximum atomic E-state index is 12.7. The van der Waals surface area contributed by atoms with Crippen molar-refractivity contribution in [2.75, 3.05) is 12.4 Å². The summed E-state index contributed by atoms with van der Waals surface area (Å²) in [7, 11) is 1.65. The zero-order valence-corrected chi connectivity index (χ0v) is 17.3. The number of rotatable bonds is 6. The lowest BCUT2D eigenvalue weighted by Gasteiger charge is -2.10. The molecular weight excluding hydrogens is 376 g/mol. The molecule has 0 aliphatic heterocycles. The molecule has 30 heavy (non-hydrogen) atoms. The minimum atomic E-state index is -0.128. The second-order valence-electron chi connectivity index (χ2n) is 7.09. The molecule has 0 aliphatic rings. The molecule has 6 nitrogen and oxygen atoms in total. The summed E-state index contributed by atoms with van der Waals surface area (Å²) < 4.78 is 6.92. The van der Waals surface area contributed by atoms with E-state index in [-0.39, 0.29) is 12.5 Å². The molecule has 4 aromatic rings. The van der Waals surface area contributed by atoms with Gasteiger partial charge in [-0.15, -0.1) is 0 Å². The van der Waals surface area contributed by atoms with Crippen molar-refractivity contribution in [2.45, 2.75) is 26.8 Å². The van der Waals surface area contributed by atoms with Crippen LogP contribution in [0.1, 0.15) is 18.2 Å². The van der Waals surface area contributed by atoms with Crippen molar-refractivity contribution < 1.29 is 9.53 Å². The number of methoxy groups -OCH3 is 1. The van der Waals surface area contributed by atoms with E-state index < -0.39 is 0 Å². The molecule has 0 bridgehead atoms. The monoisotopic (exact) mass is 400 g/mol. The van der Waals surface area contributed by atoms with E-state index in [2.05, 4.69) is 22.3 Å². The second kappa shape index (κ2) is 8.37. The number of nitrogens with one attached hydrogen (secondary N) is 1. The fourth-order valence-electron chi connectivity index (χ4n) is 3.68. The van der Waals surface area contributed by atoms with E-state index in [1.807, 2.05) is 61.5 Å². The summed E-state index contributed by atoms with van der Waals surface area (Å²) in [4.78, 5) is 17.2. The molecule has 0 spiro atoms. The van der Waals surface area contributed by atoms with Crippen LogP contribution < -0.4 is 10.1 Å². The van der Waals surface area contributed by atoms with Gasteiger partial charge in [-0.25, -0.2) is 9.67 Å². The van der Waals surface area contributed by atoms with E-state index in [4.69, 9.17) is 4.74 Å². The van der Waals surface area contributed by atoms with Crippen LogP contribution in [0.15, 0.2) is 60.8 Å². The van der Waals surface area contributed by atoms with Crippen molar-refractivity contribution in [3.63, 3.8) is 0 Å². The Labute approximate surface area is 175 Å². The number of hydrogen-bond acceptors (Lipinski definition) is 4. The molecule has 0 saturated carbocycles. The van der Waals surface area contributed by atoms with Gasteiger partial charge in [0.1, 0.15) is 12.3 Å². The largest absolute Gasteiger partial charge is 0.497 e. The summed E-state index contributed by atoms with van der Waals surface area (Å²) in [6.07, 6.45) is 2.61. The average molecular weight is 400 g/mol. The van der Waals surface area contributed by atoms with Gasteiger partial charge in [0.15, 0.2) is 5.65 Å². The molecule has 4 rings (SSSR count). The number of carbonyl (C=O) groups is 1. The van der Waals surface area contributed by atoms with Gasteiger partial charge in [0.2, 0.25) is 5.91 Å². The number of aryl methyl sites for hydroxylation is 2. The van der Waals surface area contributed by atoms with Gasteiger partial charge in [0.25, 0.3) is 0 Å². The highest BCUT2D eigenvalue weighted by atomic mass is 16.5. The number of nitrogens with zero attached hydrogens (tertiary/aromatic N) is 3. The number of pyridine rings is 1. The zero-order valence-electron chi connectivity index (χ0n) is 17.3. The molecule has 1 N–H and O–H groups in total. The first-order chi connectivity index (χ1) is 14.6. The van der Waals surface area contributed by atoms with Crippen LogP contribution in [0.4, 0.5) is 5.69 Å². The molecule has 2 heterocycles. The van der Waals surface area contributed by atoms with Crippen LogP contribution in [-0.2, 0) is 17.8 Å². The fourth-order valence-corrected chi connectivity index (χ4v) is 3.68. The van der Waals surface area contributed by atoms with Gasteiger partial charge in [-0.3, -0.25) is 4.79 Å². The lowest BCUT2D eigenvalue weighted by Crippen LogP contribution is -2.20. The van der Waals surface area contributed by atoms with E-state index in [0.29, 0.717) is 5.65 Å². The molecule has 0 radical (unpaired) electrons. The van der Waals surface area contributed by atoms with Gasteiger partial charge in [0.05, 0.1) is 12.8 Å². The maximum Gasteiger partial charge on any atom is 0.246 e. The van der Waals surface area contributed by atoms with E-state index in [0.717, 1.165) is 45.6 Å². The Balaban J connectivity index is 1.65. The predicted molar refractivity (Wildman–Crippen MR) is 119 cm³/mol. The summed E-state index contributed by atoms with van der Waals surface area (Å²) in [6, 6.07) is 17.7. The standard InChI is InChI=1S/C24H24N4O2/c1-4-17-7-5-6-8-21(17)26-22(29)15-28-24-23(16(2)27-28)20(13-14-25-24)18-9-11-19(30-3)12-10-18/h5-14H,4,15H2,1-3H3,(H,26,29). The number of benzene rings is 2. The SMILES string of the molecule is CCc1ccccc1NC(=O)Cn1nc(C)c2c(-c3ccc(OC)cc3)ccnc21. The highest BCUT2D eigenvalue weighted by molar-refractivity contribution is 5.96. The Hall–Kier alpha value is -3.67. The predicted octanol–water partition coefficient (Wildman–Crippen LogP) is 4.62. The smallest absolute Gasteiger partial charge is 0.246 e. The summed E-state index contributed by atoms with van der Waals surface area (Å²) in [5.41, 5.74) is 5.55. The first kappa shape index (κ1) is 19.6. The quantitative estimate of drug-likeness (QED) is 0.513. The minimum absolute atomic E-state index is 0.0987. The highest BCUT2D eigenvalue weighted by Gasteiger charge is 2.16. The lowest BCUT2D eigenvalue weighted by atomic mass is 10.0. The first-order valence-corrected chi connectivity index (χ1v) is 9.95. The van der Waals surface area contributed by atoms with Crippen LogP contribution in [-0.4, -0.2) is 27.8 Å². The number of carbonyl (C=O) groups excluding carboxylic acids is 1. The number of amides is 1. The van der Waals surface area contributed by atoms with Crippen LogP contribution in [0.3, 0.4) is 0 Å². The topological polar surface area (TPSA) is 69.0 Å². The van der Waals surface area contributed by atoms with Gasteiger partial charge in [-0.05, 0) is 54.3 Å². The molecular formula is C24H24N4O2. The van der Waals surface area contributed by atoms with E-state index >= 15 is 0 Å². The van der Waals surface area contributed by atoms with Crippen molar-refractivity contribution in [3.8, 4) is 16.9 Å². The van der Waals surface area contributed by atoms with Gasteiger partial charge in [-0.2, -0.15) is 5.10 Å². The van der Waals surface area contributed by atoms with Crippen LogP contribution >= 0.6 is 0 Å². The summed E-state index contributed by atoms with van der Waals surface area (Å²) >= 11 is 0. The number of anilines is 1. The molecule has 0 atom stereocenters. The third-order valence-corrected chi connectivity index (χ3v) is 5.17. The van der Waals surface area contributed by atoms with Crippen molar-refractivity contribution >= 4 is 22.6 Å². The van der Waals surface area contributed by atoms with Crippen molar-refractivity contribution in [2.24, 2.45) is 0 Å². The number of hydrogen-bond donors (Lipinski definition) is 1. The Kier molecular flexibility index (Phi) is 5.48. The van der Waals surface area contributed by atoms with Gasteiger partial charge < -0.3 is 10.1 Å². The van der Waals surface area contributed by atoms with Crippen LogP contribution in [0.25, 0.3) is 22.2 Å². The normalized spacial score (nSPS) is 10.9. The third kappa shape index (κ3) is 3.76. The van der Waals surface area contributed by atoms with Crippen molar-refractivity contribution in [1.82, 2.24) is 14.8 Å². The van der Waals surface area contributed by atoms with Gasteiger partial charge >= 0.3 is 0 Å². The summed E-state index contributed by atoms with van der Waals surface area (Å²) in [5, 5.41) is 8.55. The number of aromatic nitrogens is 3. The molecule has 152 valence electrons. The Morgan fingerprint density at radius 3 is 2.60 bits per heavy atom. The fraction of sp³-hybridized carbons (Fsp3) is 0.208.